The summed E-state index contributed by atoms with van der Waals surface area (Å²) in [6, 6.07) is 1.80. The first-order valence-electron chi connectivity index (χ1n) is 7.06. The number of carbonyl (C=O) groups excluding carboxylic acids is 1. The summed E-state index contributed by atoms with van der Waals surface area (Å²) in [4.78, 5) is 14.2. The predicted octanol–water partition coefficient (Wildman–Crippen LogP) is 1.40. The highest BCUT2D eigenvalue weighted by Crippen LogP contribution is 2.28. The molecule has 0 aliphatic carbocycles. The number of likely N-dealkylation sites (tertiary alicyclic amines) is 1. The Labute approximate surface area is 125 Å². The van der Waals surface area contributed by atoms with Gasteiger partial charge < -0.3 is 9.32 Å². The summed E-state index contributed by atoms with van der Waals surface area (Å²) >= 11 is 0. The Kier molecular flexibility index (Phi) is 4.43. The minimum atomic E-state index is -3.53. The van der Waals surface area contributed by atoms with E-state index in [1.807, 2.05) is 20.8 Å². The molecule has 1 amide bonds. The lowest BCUT2D eigenvalue weighted by atomic mass is 10.0. The Bertz CT molecular complexity index is 621. The number of nitrogens with zero attached hydrogens (tertiary/aromatic N) is 1. The van der Waals surface area contributed by atoms with Gasteiger partial charge in [-0.3, -0.25) is 4.79 Å². The minimum Gasteiger partial charge on any atom is -0.459 e. The highest BCUT2D eigenvalue weighted by molar-refractivity contribution is 7.89. The van der Waals surface area contributed by atoms with Crippen molar-refractivity contribution in [2.75, 3.05) is 18.8 Å². The summed E-state index contributed by atoms with van der Waals surface area (Å²) < 4.78 is 27.8. The van der Waals surface area contributed by atoms with Crippen LogP contribution in [0, 0.1) is 11.8 Å². The molecule has 1 fully saturated rings. The van der Waals surface area contributed by atoms with E-state index in [1.165, 1.54) is 6.26 Å². The Morgan fingerprint density at radius 1 is 1.48 bits per heavy atom. The number of rotatable bonds is 4. The van der Waals surface area contributed by atoms with Crippen molar-refractivity contribution >= 4 is 15.9 Å². The molecule has 1 saturated heterocycles. The second kappa shape index (κ2) is 5.81. The van der Waals surface area contributed by atoms with Crippen molar-refractivity contribution in [2.45, 2.75) is 26.7 Å². The summed E-state index contributed by atoms with van der Waals surface area (Å²) in [5, 5.41) is 5.11. The zero-order valence-electron chi connectivity index (χ0n) is 12.6. The van der Waals surface area contributed by atoms with Crippen LogP contribution in [0.15, 0.2) is 16.7 Å². The average Bonchev–Trinajstić information content (AvgIpc) is 2.94. The van der Waals surface area contributed by atoms with Crippen LogP contribution in [0.5, 0.6) is 0 Å². The van der Waals surface area contributed by atoms with Gasteiger partial charge in [0.05, 0.1) is 12.0 Å². The molecule has 118 valence electrons. The van der Waals surface area contributed by atoms with Gasteiger partial charge in [0.25, 0.3) is 5.91 Å². The Balaban J connectivity index is 2.13. The van der Waals surface area contributed by atoms with Crippen molar-refractivity contribution in [3.8, 4) is 0 Å². The van der Waals surface area contributed by atoms with E-state index in [2.05, 4.69) is 0 Å². The van der Waals surface area contributed by atoms with Crippen LogP contribution in [0.3, 0.4) is 0 Å². The van der Waals surface area contributed by atoms with Crippen LogP contribution in [0.1, 0.15) is 42.8 Å². The van der Waals surface area contributed by atoms with Crippen molar-refractivity contribution in [1.82, 2.24) is 4.90 Å². The van der Waals surface area contributed by atoms with Gasteiger partial charge in [-0.15, -0.1) is 0 Å². The maximum Gasteiger partial charge on any atom is 0.289 e. The number of carbonyl (C=O) groups is 1. The van der Waals surface area contributed by atoms with Gasteiger partial charge in [-0.25, -0.2) is 13.6 Å². The van der Waals surface area contributed by atoms with Gasteiger partial charge >= 0.3 is 0 Å². The fourth-order valence-electron chi connectivity index (χ4n) is 2.81. The molecule has 0 radical (unpaired) electrons. The van der Waals surface area contributed by atoms with Crippen LogP contribution in [0.25, 0.3) is 0 Å². The second-order valence-electron chi connectivity index (χ2n) is 6.14. The van der Waals surface area contributed by atoms with E-state index in [4.69, 9.17) is 9.56 Å². The minimum absolute atomic E-state index is 0.0901. The normalized spacial score (nSPS) is 23.0. The van der Waals surface area contributed by atoms with Crippen LogP contribution in [-0.2, 0) is 10.0 Å². The van der Waals surface area contributed by atoms with E-state index < -0.39 is 10.0 Å². The molecular weight excluding hydrogens is 292 g/mol. The van der Waals surface area contributed by atoms with Crippen molar-refractivity contribution in [2.24, 2.45) is 17.0 Å². The first-order valence-corrected chi connectivity index (χ1v) is 8.77. The molecular formula is C14H22N2O4S. The molecule has 0 spiro atoms. The summed E-state index contributed by atoms with van der Waals surface area (Å²) in [7, 11) is -3.53. The van der Waals surface area contributed by atoms with Gasteiger partial charge in [0.15, 0.2) is 5.76 Å². The predicted molar refractivity (Wildman–Crippen MR) is 79.3 cm³/mol. The molecule has 0 saturated carbocycles. The fraction of sp³-hybridized carbons (Fsp3) is 0.643. The summed E-state index contributed by atoms with van der Waals surface area (Å²) in [5.41, 5.74) is 0.877. The summed E-state index contributed by atoms with van der Waals surface area (Å²) in [6.07, 6.45) is 1.52. The zero-order chi connectivity index (χ0) is 15.8. The lowest BCUT2D eigenvalue weighted by molar-refractivity contribution is 0.0751. The number of furan rings is 1. The number of nitrogens with two attached hydrogens (primary N) is 1. The maximum absolute atomic E-state index is 12.5. The van der Waals surface area contributed by atoms with Gasteiger partial charge in [-0.1, -0.05) is 20.8 Å². The van der Waals surface area contributed by atoms with E-state index in [0.29, 0.717) is 18.8 Å². The molecule has 1 aromatic heterocycles. The molecule has 7 heteroatoms. The molecule has 2 atom stereocenters. The highest BCUT2D eigenvalue weighted by atomic mass is 32.2. The van der Waals surface area contributed by atoms with Crippen LogP contribution < -0.4 is 5.14 Å². The van der Waals surface area contributed by atoms with Crippen molar-refractivity contribution in [3.05, 3.63) is 23.7 Å². The van der Waals surface area contributed by atoms with Crippen LogP contribution in [0.2, 0.25) is 0 Å². The Morgan fingerprint density at radius 2 is 2.14 bits per heavy atom. The number of primary sulfonamides is 1. The van der Waals surface area contributed by atoms with Crippen molar-refractivity contribution in [3.63, 3.8) is 0 Å². The van der Waals surface area contributed by atoms with E-state index in [0.717, 1.165) is 5.56 Å². The lowest BCUT2D eigenvalue weighted by Gasteiger charge is -2.16. The Morgan fingerprint density at radius 3 is 2.71 bits per heavy atom. The van der Waals surface area contributed by atoms with E-state index >= 15 is 0 Å². The van der Waals surface area contributed by atoms with Gasteiger partial charge in [0.1, 0.15) is 0 Å². The quantitative estimate of drug-likeness (QED) is 0.909. The smallest absolute Gasteiger partial charge is 0.289 e. The van der Waals surface area contributed by atoms with Crippen LogP contribution >= 0.6 is 0 Å². The average molecular weight is 314 g/mol. The molecule has 2 rings (SSSR count). The van der Waals surface area contributed by atoms with E-state index in [9.17, 15) is 13.2 Å². The summed E-state index contributed by atoms with van der Waals surface area (Å²) in [5.74, 6) is 0.266. The van der Waals surface area contributed by atoms with Crippen molar-refractivity contribution in [1.29, 1.82) is 0 Å². The van der Waals surface area contributed by atoms with E-state index in [-0.39, 0.29) is 29.4 Å². The van der Waals surface area contributed by atoms with Gasteiger partial charge in [0.2, 0.25) is 10.0 Å². The molecule has 0 aromatic carbocycles. The highest BCUT2D eigenvalue weighted by Gasteiger charge is 2.36. The number of hydrogen-bond donors (Lipinski definition) is 1. The van der Waals surface area contributed by atoms with Gasteiger partial charge in [0, 0.05) is 18.7 Å². The molecule has 1 aliphatic heterocycles. The van der Waals surface area contributed by atoms with Crippen LogP contribution in [-0.4, -0.2) is 38.1 Å². The fourth-order valence-corrected chi connectivity index (χ4v) is 3.84. The van der Waals surface area contributed by atoms with Gasteiger partial charge in [-0.05, 0) is 23.8 Å². The van der Waals surface area contributed by atoms with Crippen LogP contribution in [0.4, 0.5) is 0 Å². The number of sulfonamides is 1. The first kappa shape index (κ1) is 16.0. The maximum atomic E-state index is 12.5. The number of amides is 1. The van der Waals surface area contributed by atoms with Gasteiger partial charge in [-0.2, -0.15) is 0 Å². The standard InChI is InChI=1S/C14H22N2O4S/c1-9(2)12-4-5-20-13(12)14(17)16-6-10(3)11(7-16)8-21(15,18)19/h4-5,9-11H,6-8H2,1-3H3,(H2,15,18,19)/t10-,11+/m1/s1. The molecule has 21 heavy (non-hydrogen) atoms. The summed E-state index contributed by atoms with van der Waals surface area (Å²) in [6.45, 7) is 6.86. The third-order valence-corrected chi connectivity index (χ3v) is 4.91. The molecule has 2 N–H and O–H groups in total. The third kappa shape index (κ3) is 3.65. The molecule has 1 aromatic rings. The SMILES string of the molecule is CC(C)c1ccoc1C(=O)N1C[C@@H](CS(N)(=O)=O)[C@H](C)C1. The monoisotopic (exact) mass is 314 g/mol. The lowest BCUT2D eigenvalue weighted by Crippen LogP contribution is -2.31. The third-order valence-electron chi connectivity index (χ3n) is 4.01. The molecule has 1 aliphatic rings. The second-order valence-corrected chi connectivity index (χ2v) is 7.80. The molecule has 0 unspecified atom stereocenters. The largest absolute Gasteiger partial charge is 0.459 e. The van der Waals surface area contributed by atoms with Crippen molar-refractivity contribution < 1.29 is 17.6 Å². The molecule has 0 bridgehead atoms. The molecule has 6 nitrogen and oxygen atoms in total. The number of hydrogen-bond acceptors (Lipinski definition) is 4. The molecule has 2 heterocycles. The zero-order valence-corrected chi connectivity index (χ0v) is 13.4. The first-order chi connectivity index (χ1) is 9.69. The topological polar surface area (TPSA) is 93.6 Å². The van der Waals surface area contributed by atoms with E-state index in [1.54, 1.807) is 11.0 Å². The Hall–Kier alpha value is -1.34.